The van der Waals surface area contributed by atoms with Crippen molar-refractivity contribution in [2.45, 2.75) is 33.4 Å². The number of hydrogen-bond acceptors (Lipinski definition) is 4. The number of H-pyrrole nitrogens is 1. The molecule has 2 aromatic carbocycles. The predicted octanol–water partition coefficient (Wildman–Crippen LogP) is 2.98. The van der Waals surface area contributed by atoms with Crippen molar-refractivity contribution in [1.29, 1.82) is 0 Å². The summed E-state index contributed by atoms with van der Waals surface area (Å²) in [4.78, 5) is 15.1. The third kappa shape index (κ3) is 4.96. The molecule has 3 N–H and O–H groups in total. The van der Waals surface area contributed by atoms with Crippen molar-refractivity contribution in [3.05, 3.63) is 75.1 Å². The van der Waals surface area contributed by atoms with Crippen LogP contribution in [0.1, 0.15) is 22.3 Å². The fourth-order valence-corrected chi connectivity index (χ4v) is 2.92. The highest BCUT2D eigenvalue weighted by atomic mass is 16.5. The Morgan fingerprint density at radius 1 is 1.07 bits per heavy atom. The van der Waals surface area contributed by atoms with Gasteiger partial charge in [-0.3, -0.25) is 4.79 Å². The van der Waals surface area contributed by atoms with Crippen LogP contribution in [0, 0.1) is 20.8 Å². The first-order valence-corrected chi connectivity index (χ1v) is 9.14. The van der Waals surface area contributed by atoms with Crippen LogP contribution >= 0.6 is 0 Å². The van der Waals surface area contributed by atoms with Gasteiger partial charge in [0.05, 0.1) is 0 Å². The van der Waals surface area contributed by atoms with Crippen LogP contribution in [0.15, 0.2) is 47.3 Å². The van der Waals surface area contributed by atoms with Gasteiger partial charge in [-0.05, 0) is 67.1 Å². The van der Waals surface area contributed by atoms with E-state index in [1.807, 2.05) is 63.2 Å². The van der Waals surface area contributed by atoms with Gasteiger partial charge in [0.2, 0.25) is 0 Å². The van der Waals surface area contributed by atoms with E-state index < -0.39 is 6.10 Å². The number of nitrogens with one attached hydrogen (secondary N) is 2. The van der Waals surface area contributed by atoms with Crippen molar-refractivity contribution in [2.24, 2.45) is 0 Å². The third-order valence-electron chi connectivity index (χ3n) is 4.69. The van der Waals surface area contributed by atoms with Gasteiger partial charge in [-0.2, -0.15) is 0 Å². The van der Waals surface area contributed by atoms with E-state index in [9.17, 15) is 9.90 Å². The Labute approximate surface area is 159 Å². The maximum Gasteiger partial charge on any atom is 0.252 e. The van der Waals surface area contributed by atoms with Crippen molar-refractivity contribution in [1.82, 2.24) is 10.3 Å². The number of ether oxygens (including phenoxy) is 1. The molecule has 0 bridgehead atoms. The monoisotopic (exact) mass is 366 g/mol. The molecule has 5 heteroatoms. The topological polar surface area (TPSA) is 74.3 Å². The Hall–Kier alpha value is -2.63. The highest BCUT2D eigenvalue weighted by molar-refractivity contribution is 5.79. The smallest absolute Gasteiger partial charge is 0.252 e. The van der Waals surface area contributed by atoms with Gasteiger partial charge in [0.15, 0.2) is 0 Å². The first kappa shape index (κ1) is 19.1. The molecule has 0 aliphatic rings. The van der Waals surface area contributed by atoms with E-state index in [1.165, 1.54) is 5.56 Å². The molecular weight excluding hydrogens is 340 g/mol. The fraction of sp³-hybridized carbons (Fsp3) is 0.318. The quantitative estimate of drug-likeness (QED) is 0.601. The number of pyridine rings is 1. The minimum Gasteiger partial charge on any atom is -0.491 e. The molecule has 0 radical (unpaired) electrons. The lowest BCUT2D eigenvalue weighted by Gasteiger charge is -2.14. The highest BCUT2D eigenvalue weighted by Crippen LogP contribution is 2.16. The van der Waals surface area contributed by atoms with E-state index in [2.05, 4.69) is 10.3 Å². The number of aromatic nitrogens is 1. The van der Waals surface area contributed by atoms with Crippen molar-refractivity contribution < 1.29 is 9.84 Å². The maximum atomic E-state index is 12.2. The summed E-state index contributed by atoms with van der Waals surface area (Å²) >= 11 is 0. The van der Waals surface area contributed by atoms with E-state index in [4.69, 9.17) is 4.74 Å². The number of fused-ring (bicyclic) bond motifs is 1. The predicted molar refractivity (Wildman–Crippen MR) is 108 cm³/mol. The minimum atomic E-state index is -0.659. The summed E-state index contributed by atoms with van der Waals surface area (Å²) < 4.78 is 5.64. The lowest BCUT2D eigenvalue weighted by Crippen LogP contribution is -2.32. The van der Waals surface area contributed by atoms with Gasteiger partial charge in [-0.25, -0.2) is 0 Å². The van der Waals surface area contributed by atoms with Crippen LogP contribution in [0.2, 0.25) is 0 Å². The first-order chi connectivity index (χ1) is 12.9. The second-order valence-electron chi connectivity index (χ2n) is 7.06. The molecule has 5 nitrogen and oxygen atoms in total. The van der Waals surface area contributed by atoms with E-state index >= 15 is 0 Å². The zero-order valence-corrected chi connectivity index (χ0v) is 16.0. The molecular formula is C22H26N2O3. The van der Waals surface area contributed by atoms with E-state index in [-0.39, 0.29) is 12.2 Å². The van der Waals surface area contributed by atoms with E-state index in [1.54, 1.807) is 0 Å². The summed E-state index contributed by atoms with van der Waals surface area (Å²) in [6, 6.07) is 13.7. The molecule has 3 rings (SSSR count). The minimum absolute atomic E-state index is 0.110. The standard InChI is InChI=1S/C22H26N2O3/c1-14-4-6-17-10-18(22(26)24-21(17)8-14)11-23-12-19(25)13-27-20-7-5-15(2)16(3)9-20/h4-10,19,23,25H,11-13H2,1-3H3,(H,24,26). The number of benzene rings is 2. The van der Waals surface area contributed by atoms with Gasteiger partial charge in [-0.15, -0.1) is 0 Å². The summed E-state index contributed by atoms with van der Waals surface area (Å²) in [5.41, 5.74) is 4.85. The highest BCUT2D eigenvalue weighted by Gasteiger charge is 2.08. The molecule has 1 atom stereocenters. The van der Waals surface area contributed by atoms with Gasteiger partial charge in [0.25, 0.3) is 5.56 Å². The van der Waals surface area contributed by atoms with Crippen LogP contribution in [-0.4, -0.2) is 29.3 Å². The fourth-order valence-electron chi connectivity index (χ4n) is 2.92. The molecule has 0 aliphatic carbocycles. The van der Waals surface area contributed by atoms with Crippen LogP contribution < -0.4 is 15.6 Å². The SMILES string of the molecule is Cc1ccc2cc(CNCC(O)COc3ccc(C)c(C)c3)c(=O)[nH]c2c1. The molecule has 1 unspecified atom stereocenters. The lowest BCUT2D eigenvalue weighted by atomic mass is 10.1. The second kappa shape index (κ2) is 8.37. The Kier molecular flexibility index (Phi) is 5.94. The van der Waals surface area contributed by atoms with E-state index in [0.717, 1.165) is 27.8 Å². The zero-order valence-electron chi connectivity index (χ0n) is 16.0. The summed E-state index contributed by atoms with van der Waals surface area (Å²) in [5.74, 6) is 0.749. The first-order valence-electron chi connectivity index (χ1n) is 9.14. The van der Waals surface area contributed by atoms with E-state index in [0.29, 0.717) is 18.7 Å². The number of aryl methyl sites for hydroxylation is 3. The Morgan fingerprint density at radius 3 is 2.67 bits per heavy atom. The average Bonchev–Trinajstić information content (AvgIpc) is 2.63. The molecule has 27 heavy (non-hydrogen) atoms. The average molecular weight is 366 g/mol. The number of aliphatic hydroxyl groups is 1. The largest absolute Gasteiger partial charge is 0.491 e. The molecule has 1 heterocycles. The zero-order chi connectivity index (χ0) is 19.4. The summed E-state index contributed by atoms with van der Waals surface area (Å²) in [7, 11) is 0. The normalized spacial score (nSPS) is 12.3. The van der Waals surface area contributed by atoms with Gasteiger partial charge in [0, 0.05) is 24.2 Å². The molecule has 1 aromatic heterocycles. The second-order valence-corrected chi connectivity index (χ2v) is 7.06. The molecule has 0 saturated carbocycles. The van der Waals surface area contributed by atoms with Crippen LogP contribution in [0.25, 0.3) is 10.9 Å². The molecule has 3 aromatic rings. The molecule has 0 aliphatic heterocycles. The van der Waals surface area contributed by atoms with Gasteiger partial charge < -0.3 is 20.1 Å². The number of aliphatic hydroxyl groups excluding tert-OH is 1. The van der Waals surface area contributed by atoms with Crippen molar-refractivity contribution >= 4 is 10.9 Å². The van der Waals surface area contributed by atoms with Crippen molar-refractivity contribution in [3.8, 4) is 5.75 Å². The molecule has 0 saturated heterocycles. The van der Waals surface area contributed by atoms with Crippen LogP contribution in [0.3, 0.4) is 0 Å². The summed E-state index contributed by atoms with van der Waals surface area (Å²) in [5, 5.41) is 14.2. The number of rotatable bonds is 7. The Morgan fingerprint density at radius 2 is 1.89 bits per heavy atom. The molecule has 142 valence electrons. The Bertz CT molecular complexity index is 995. The van der Waals surface area contributed by atoms with Gasteiger partial charge >= 0.3 is 0 Å². The van der Waals surface area contributed by atoms with Crippen molar-refractivity contribution in [2.75, 3.05) is 13.2 Å². The molecule has 0 amide bonds. The van der Waals surface area contributed by atoms with Gasteiger partial charge in [0.1, 0.15) is 18.5 Å². The maximum absolute atomic E-state index is 12.2. The lowest BCUT2D eigenvalue weighted by molar-refractivity contribution is 0.106. The van der Waals surface area contributed by atoms with Crippen LogP contribution in [0.4, 0.5) is 0 Å². The third-order valence-corrected chi connectivity index (χ3v) is 4.69. The summed E-state index contributed by atoms with van der Waals surface area (Å²) in [6.45, 7) is 7.00. The molecule has 0 fully saturated rings. The van der Waals surface area contributed by atoms with Crippen molar-refractivity contribution in [3.63, 3.8) is 0 Å². The summed E-state index contributed by atoms with van der Waals surface area (Å²) in [6.07, 6.45) is -0.659. The van der Waals surface area contributed by atoms with Crippen LogP contribution in [0.5, 0.6) is 5.75 Å². The van der Waals surface area contributed by atoms with Crippen LogP contribution in [-0.2, 0) is 6.54 Å². The number of hydrogen-bond donors (Lipinski definition) is 3. The van der Waals surface area contributed by atoms with Gasteiger partial charge in [-0.1, -0.05) is 18.2 Å². The number of aromatic amines is 1. The molecule has 0 spiro atoms. The Balaban J connectivity index is 1.52.